The number of rotatable bonds is 9. The third-order valence-corrected chi connectivity index (χ3v) is 4.93. The number of methoxy groups -OCH3 is 1. The molecular weight excluding hydrogens is 426 g/mol. The van der Waals surface area contributed by atoms with Crippen molar-refractivity contribution in [3.05, 3.63) is 70.6 Å². The van der Waals surface area contributed by atoms with Crippen LogP contribution in [0.3, 0.4) is 0 Å². The fraction of sp³-hybridized carbons (Fsp3) is 0.0952. The molecular formula is C21H18ClN3O4S. The summed E-state index contributed by atoms with van der Waals surface area (Å²) in [5, 5.41) is 17.3. The smallest absolute Gasteiger partial charge is 0.342 e. The summed E-state index contributed by atoms with van der Waals surface area (Å²) in [6.07, 6.45) is 3.17. The highest BCUT2D eigenvalue weighted by atomic mass is 35.5. The Kier molecular flexibility index (Phi) is 7.16. The molecule has 3 rings (SSSR count). The molecule has 2 N–H and O–H groups in total. The summed E-state index contributed by atoms with van der Waals surface area (Å²) in [5.41, 5.74) is 1.30. The number of halogens is 1. The van der Waals surface area contributed by atoms with Gasteiger partial charge in [0.1, 0.15) is 23.0 Å². The minimum absolute atomic E-state index is 0.0551. The van der Waals surface area contributed by atoms with E-state index in [0.717, 1.165) is 11.8 Å². The average Bonchev–Trinajstić information content (AvgIpc) is 3.20. The molecule has 7 nitrogen and oxygen atoms in total. The van der Waals surface area contributed by atoms with Gasteiger partial charge < -0.3 is 14.6 Å². The lowest BCUT2D eigenvalue weighted by Gasteiger charge is -2.05. The lowest BCUT2D eigenvalue weighted by atomic mass is 10.2. The van der Waals surface area contributed by atoms with Crippen LogP contribution < -0.4 is 9.47 Å². The van der Waals surface area contributed by atoms with E-state index < -0.39 is 5.97 Å². The number of nitrogens with zero attached hydrogens (tertiary/aromatic N) is 2. The van der Waals surface area contributed by atoms with E-state index in [-0.39, 0.29) is 10.1 Å². The van der Waals surface area contributed by atoms with E-state index in [1.807, 2.05) is 0 Å². The van der Waals surface area contributed by atoms with Gasteiger partial charge in [-0.05, 0) is 53.7 Å². The molecule has 2 aromatic carbocycles. The molecule has 0 aliphatic heterocycles. The van der Waals surface area contributed by atoms with Crippen molar-refractivity contribution in [3.8, 4) is 22.9 Å². The molecule has 0 spiro atoms. The van der Waals surface area contributed by atoms with Crippen LogP contribution in [0.25, 0.3) is 17.5 Å². The highest BCUT2D eigenvalue weighted by Crippen LogP contribution is 2.33. The Morgan fingerprint density at radius 3 is 2.90 bits per heavy atom. The Morgan fingerprint density at radius 2 is 2.17 bits per heavy atom. The van der Waals surface area contributed by atoms with Crippen molar-refractivity contribution in [3.63, 3.8) is 0 Å². The number of H-pyrrole nitrogens is 1. The van der Waals surface area contributed by atoms with Crippen LogP contribution in [0.1, 0.15) is 5.56 Å². The Hall–Kier alpha value is -3.23. The molecule has 154 valence electrons. The van der Waals surface area contributed by atoms with Crippen LogP contribution in [0.2, 0.25) is 5.02 Å². The van der Waals surface area contributed by atoms with Gasteiger partial charge in [-0.2, -0.15) is 0 Å². The van der Waals surface area contributed by atoms with Gasteiger partial charge in [-0.25, -0.2) is 9.78 Å². The van der Waals surface area contributed by atoms with Crippen molar-refractivity contribution in [2.75, 3.05) is 13.7 Å². The summed E-state index contributed by atoms with van der Waals surface area (Å²) in [6.45, 7) is 3.97. The Morgan fingerprint density at radius 1 is 1.33 bits per heavy atom. The van der Waals surface area contributed by atoms with Crippen LogP contribution in [0, 0.1) is 0 Å². The van der Waals surface area contributed by atoms with Gasteiger partial charge in [0.25, 0.3) is 0 Å². The number of carbonyl (C=O) groups is 1. The van der Waals surface area contributed by atoms with Gasteiger partial charge in [0.15, 0.2) is 5.82 Å². The predicted octanol–water partition coefficient (Wildman–Crippen LogP) is 4.92. The Labute approximate surface area is 182 Å². The van der Waals surface area contributed by atoms with Gasteiger partial charge in [-0.1, -0.05) is 36.4 Å². The second-order valence-corrected chi connectivity index (χ2v) is 7.34. The van der Waals surface area contributed by atoms with Crippen LogP contribution >= 0.6 is 23.4 Å². The fourth-order valence-corrected chi connectivity index (χ4v) is 3.39. The van der Waals surface area contributed by atoms with Gasteiger partial charge in [0.05, 0.1) is 12.7 Å². The first-order chi connectivity index (χ1) is 14.5. The number of aromatic amines is 1. The van der Waals surface area contributed by atoms with Gasteiger partial charge in [0.2, 0.25) is 5.16 Å². The van der Waals surface area contributed by atoms with E-state index >= 15 is 0 Å². The summed E-state index contributed by atoms with van der Waals surface area (Å²) < 4.78 is 10.8. The highest BCUT2D eigenvalue weighted by molar-refractivity contribution is 8.04. The molecule has 0 amide bonds. The number of hydrogen-bond acceptors (Lipinski definition) is 6. The van der Waals surface area contributed by atoms with Crippen molar-refractivity contribution in [2.45, 2.75) is 5.16 Å². The van der Waals surface area contributed by atoms with Crippen molar-refractivity contribution in [2.24, 2.45) is 0 Å². The number of aliphatic carboxylic acids is 1. The maximum absolute atomic E-state index is 11.8. The van der Waals surface area contributed by atoms with E-state index in [4.69, 9.17) is 21.1 Å². The first-order valence-corrected chi connectivity index (χ1v) is 9.92. The molecule has 0 unspecified atom stereocenters. The quantitative estimate of drug-likeness (QED) is 0.275. The molecule has 3 aromatic rings. The van der Waals surface area contributed by atoms with Gasteiger partial charge in [0, 0.05) is 5.02 Å². The maximum Gasteiger partial charge on any atom is 0.342 e. The van der Waals surface area contributed by atoms with Gasteiger partial charge in [-0.3, -0.25) is 5.10 Å². The van der Waals surface area contributed by atoms with Gasteiger partial charge >= 0.3 is 5.97 Å². The Balaban J connectivity index is 1.85. The third kappa shape index (κ3) is 5.43. The molecule has 30 heavy (non-hydrogen) atoms. The summed E-state index contributed by atoms with van der Waals surface area (Å²) in [5.74, 6) is 0.509. The second kappa shape index (κ2) is 10.00. The van der Waals surface area contributed by atoms with E-state index in [1.54, 1.807) is 48.5 Å². The molecule has 1 heterocycles. The van der Waals surface area contributed by atoms with Crippen LogP contribution in [0.5, 0.6) is 11.5 Å². The SMILES string of the molecule is C=CCOc1cccc(/C=C(\Sc2n[nH]c(-c3cc(Cl)ccc3OC)n2)C(=O)O)c1. The molecule has 0 fully saturated rings. The van der Waals surface area contributed by atoms with E-state index in [1.165, 1.54) is 13.2 Å². The van der Waals surface area contributed by atoms with Gasteiger partial charge in [-0.15, -0.1) is 5.10 Å². The van der Waals surface area contributed by atoms with Crippen molar-refractivity contribution in [1.82, 2.24) is 15.2 Å². The van der Waals surface area contributed by atoms with E-state index in [2.05, 4.69) is 21.8 Å². The highest BCUT2D eigenvalue weighted by Gasteiger charge is 2.16. The topological polar surface area (TPSA) is 97.3 Å². The zero-order chi connectivity index (χ0) is 21.5. The number of carboxylic acids is 1. The largest absolute Gasteiger partial charge is 0.496 e. The third-order valence-electron chi connectivity index (χ3n) is 3.82. The number of carboxylic acid groups (broad SMARTS) is 1. The number of aromatic nitrogens is 3. The number of hydrogen-bond donors (Lipinski definition) is 2. The zero-order valence-electron chi connectivity index (χ0n) is 16.0. The minimum Gasteiger partial charge on any atom is -0.496 e. The molecule has 0 saturated heterocycles. The average molecular weight is 444 g/mol. The predicted molar refractivity (Wildman–Crippen MR) is 117 cm³/mol. The van der Waals surface area contributed by atoms with Crippen molar-refractivity contribution in [1.29, 1.82) is 0 Å². The lowest BCUT2D eigenvalue weighted by Crippen LogP contribution is -1.98. The van der Waals surface area contributed by atoms with Crippen LogP contribution in [-0.2, 0) is 4.79 Å². The first kappa shape index (κ1) is 21.5. The standard InChI is InChI=1S/C21H18ClN3O4S/c1-3-9-29-15-6-4-5-13(10-15)11-18(20(26)27)30-21-23-19(24-25-21)16-12-14(22)7-8-17(16)28-2/h3-8,10-12H,1,9H2,2H3,(H,26,27)(H,23,24,25)/b18-11-. The lowest BCUT2D eigenvalue weighted by molar-refractivity contribution is -0.131. The number of thioether (sulfide) groups is 1. The Bertz CT molecular complexity index is 1100. The van der Waals surface area contributed by atoms with Crippen LogP contribution in [-0.4, -0.2) is 40.0 Å². The number of benzene rings is 2. The molecule has 0 radical (unpaired) electrons. The molecule has 0 bridgehead atoms. The fourth-order valence-electron chi connectivity index (χ4n) is 2.51. The minimum atomic E-state index is -1.09. The van der Waals surface area contributed by atoms with Crippen molar-refractivity contribution < 1.29 is 19.4 Å². The molecule has 0 atom stereocenters. The summed E-state index contributed by atoms with van der Waals surface area (Å²) in [6, 6.07) is 12.2. The monoisotopic (exact) mass is 443 g/mol. The molecule has 0 saturated carbocycles. The molecule has 0 aliphatic carbocycles. The summed E-state index contributed by atoms with van der Waals surface area (Å²) in [7, 11) is 1.54. The normalized spacial score (nSPS) is 11.2. The summed E-state index contributed by atoms with van der Waals surface area (Å²) in [4.78, 5) is 16.2. The molecule has 9 heteroatoms. The van der Waals surface area contributed by atoms with Crippen molar-refractivity contribution >= 4 is 35.4 Å². The van der Waals surface area contributed by atoms with Crippen LogP contribution in [0.4, 0.5) is 0 Å². The number of nitrogens with one attached hydrogen (secondary N) is 1. The second-order valence-electron chi connectivity index (χ2n) is 5.90. The zero-order valence-corrected chi connectivity index (χ0v) is 17.5. The maximum atomic E-state index is 11.8. The van der Waals surface area contributed by atoms with E-state index in [9.17, 15) is 9.90 Å². The number of ether oxygens (including phenoxy) is 2. The molecule has 1 aromatic heterocycles. The summed E-state index contributed by atoms with van der Waals surface area (Å²) >= 11 is 6.99. The van der Waals surface area contributed by atoms with E-state index in [0.29, 0.717) is 40.1 Å². The molecule has 0 aliphatic rings. The van der Waals surface area contributed by atoms with Crippen LogP contribution in [0.15, 0.2) is 65.2 Å². The first-order valence-electron chi connectivity index (χ1n) is 8.73.